The zero-order chi connectivity index (χ0) is 19.5. The van der Waals surface area contributed by atoms with Crippen LogP contribution in [0.4, 0.5) is 14.5 Å². The molecular weight excluding hydrogens is 491 g/mol. The number of hydrogen-bond acceptors (Lipinski definition) is 4. The van der Waals surface area contributed by atoms with Crippen LogP contribution in [0.2, 0.25) is 0 Å². The highest BCUT2D eigenvalue weighted by molar-refractivity contribution is 14.0. The molecule has 0 saturated carbocycles. The van der Waals surface area contributed by atoms with E-state index < -0.39 is 5.82 Å². The van der Waals surface area contributed by atoms with Gasteiger partial charge in [0.05, 0.1) is 18.4 Å². The molecule has 3 fully saturated rings. The highest BCUT2D eigenvalue weighted by Gasteiger charge is 2.32. The first-order valence-corrected chi connectivity index (χ1v) is 10.2. The molecule has 2 atom stereocenters. The Labute approximate surface area is 188 Å². The van der Waals surface area contributed by atoms with Gasteiger partial charge in [0.2, 0.25) is 0 Å². The van der Waals surface area contributed by atoms with Gasteiger partial charge in [-0.05, 0) is 31.5 Å². The van der Waals surface area contributed by atoms with E-state index in [0.717, 1.165) is 31.7 Å². The van der Waals surface area contributed by atoms with Crippen LogP contribution in [0.25, 0.3) is 0 Å². The minimum Gasteiger partial charge on any atom is -0.373 e. The van der Waals surface area contributed by atoms with Crippen LogP contribution in [0.1, 0.15) is 12.8 Å². The number of aliphatic imine (C=N–C) groups is 1. The van der Waals surface area contributed by atoms with Gasteiger partial charge >= 0.3 is 0 Å². The Morgan fingerprint density at radius 1 is 1.21 bits per heavy atom. The van der Waals surface area contributed by atoms with Crippen molar-refractivity contribution in [1.82, 2.24) is 15.1 Å². The summed E-state index contributed by atoms with van der Waals surface area (Å²) in [6.45, 7) is 6.36. The third kappa shape index (κ3) is 5.29. The van der Waals surface area contributed by atoms with E-state index in [2.05, 4.69) is 20.1 Å². The third-order valence-corrected chi connectivity index (χ3v) is 5.99. The first-order chi connectivity index (χ1) is 13.6. The molecule has 29 heavy (non-hydrogen) atoms. The first kappa shape index (κ1) is 22.5. The molecule has 0 amide bonds. The molecule has 162 valence electrons. The maximum Gasteiger partial charge on any atom is 0.193 e. The quantitative estimate of drug-likeness (QED) is 0.376. The largest absolute Gasteiger partial charge is 0.373 e. The van der Waals surface area contributed by atoms with Crippen LogP contribution in [0.5, 0.6) is 0 Å². The molecule has 0 spiro atoms. The summed E-state index contributed by atoms with van der Waals surface area (Å²) in [6.07, 6.45) is 2.69. The van der Waals surface area contributed by atoms with Gasteiger partial charge in [0.25, 0.3) is 0 Å². The van der Waals surface area contributed by atoms with Crippen LogP contribution >= 0.6 is 24.0 Å². The minimum absolute atomic E-state index is 0. The van der Waals surface area contributed by atoms with Crippen molar-refractivity contribution in [2.75, 3.05) is 64.4 Å². The number of rotatable bonds is 3. The minimum atomic E-state index is -0.413. The molecule has 3 heterocycles. The molecule has 3 saturated heterocycles. The number of ether oxygens (including phenoxy) is 1. The van der Waals surface area contributed by atoms with Crippen LogP contribution in [-0.2, 0) is 4.74 Å². The van der Waals surface area contributed by atoms with Crippen molar-refractivity contribution in [2.24, 2.45) is 4.99 Å². The highest BCUT2D eigenvalue weighted by atomic mass is 127. The average Bonchev–Trinajstić information content (AvgIpc) is 3.19. The van der Waals surface area contributed by atoms with Crippen LogP contribution in [0.3, 0.4) is 0 Å². The van der Waals surface area contributed by atoms with Crippen molar-refractivity contribution < 1.29 is 13.5 Å². The molecule has 3 aliphatic heterocycles. The SMILES string of the molecule is CN=C(NCC1CN2CCCC2CO1)N1CCN(c2cc(F)ccc2F)CC1.I. The number of hydrogen-bond donors (Lipinski definition) is 1. The Balaban J connectivity index is 0.00000240. The van der Waals surface area contributed by atoms with Crippen LogP contribution in [0, 0.1) is 11.6 Å². The van der Waals surface area contributed by atoms with E-state index in [1.807, 2.05) is 4.90 Å². The maximum absolute atomic E-state index is 14.0. The molecular formula is C20H30F2IN5O. The summed E-state index contributed by atoms with van der Waals surface area (Å²) in [5, 5.41) is 3.44. The van der Waals surface area contributed by atoms with Crippen molar-refractivity contribution in [3.63, 3.8) is 0 Å². The summed E-state index contributed by atoms with van der Waals surface area (Å²) in [7, 11) is 1.78. The Kier molecular flexibility index (Phi) is 7.92. The Bertz CT molecular complexity index is 714. The van der Waals surface area contributed by atoms with Crippen molar-refractivity contribution >= 4 is 35.6 Å². The summed E-state index contributed by atoms with van der Waals surface area (Å²) in [5.74, 6) is 0.0440. The van der Waals surface area contributed by atoms with E-state index in [1.165, 1.54) is 31.5 Å². The number of anilines is 1. The number of benzene rings is 1. The monoisotopic (exact) mass is 521 g/mol. The van der Waals surface area contributed by atoms with Crippen LogP contribution in [0.15, 0.2) is 23.2 Å². The van der Waals surface area contributed by atoms with Crippen molar-refractivity contribution in [1.29, 1.82) is 0 Å². The molecule has 1 N–H and O–H groups in total. The second-order valence-electron chi connectivity index (χ2n) is 7.74. The third-order valence-electron chi connectivity index (χ3n) is 5.99. The van der Waals surface area contributed by atoms with Crippen LogP contribution in [-0.4, -0.2) is 87.4 Å². The van der Waals surface area contributed by atoms with Gasteiger partial charge < -0.3 is 19.9 Å². The fourth-order valence-electron chi connectivity index (χ4n) is 4.43. The zero-order valence-electron chi connectivity index (χ0n) is 16.8. The maximum atomic E-state index is 14.0. The predicted molar refractivity (Wildman–Crippen MR) is 121 cm³/mol. The molecule has 0 aromatic heterocycles. The predicted octanol–water partition coefficient (Wildman–Crippen LogP) is 2.14. The second-order valence-corrected chi connectivity index (χ2v) is 7.74. The lowest BCUT2D eigenvalue weighted by Gasteiger charge is -2.39. The van der Waals surface area contributed by atoms with E-state index in [4.69, 9.17) is 4.74 Å². The second kappa shape index (κ2) is 10.2. The summed E-state index contributed by atoms with van der Waals surface area (Å²) < 4.78 is 33.5. The molecule has 3 aliphatic rings. The molecule has 0 radical (unpaired) electrons. The summed E-state index contributed by atoms with van der Waals surface area (Å²) in [4.78, 5) is 11.0. The van der Waals surface area contributed by atoms with E-state index >= 15 is 0 Å². The fourth-order valence-corrected chi connectivity index (χ4v) is 4.43. The van der Waals surface area contributed by atoms with Gasteiger partial charge in [0.1, 0.15) is 11.6 Å². The van der Waals surface area contributed by atoms with Gasteiger partial charge in [-0.15, -0.1) is 24.0 Å². The van der Waals surface area contributed by atoms with Gasteiger partial charge in [-0.1, -0.05) is 0 Å². The topological polar surface area (TPSA) is 43.3 Å². The van der Waals surface area contributed by atoms with E-state index in [9.17, 15) is 8.78 Å². The number of guanidine groups is 1. The molecule has 1 aromatic rings. The first-order valence-electron chi connectivity index (χ1n) is 10.2. The summed E-state index contributed by atoms with van der Waals surface area (Å²) in [6, 6.07) is 4.21. The standard InChI is InChI=1S/C20H29F2N5O.HI/c1-23-20(24-12-17-13-27-6-2-3-16(27)14-28-17)26-9-7-25(8-10-26)19-11-15(21)4-5-18(19)22;/h4-5,11,16-17H,2-3,6-10,12-14H2,1H3,(H,23,24);1H. The van der Waals surface area contributed by atoms with Crippen molar-refractivity contribution in [2.45, 2.75) is 25.0 Å². The molecule has 6 nitrogen and oxygen atoms in total. The number of piperazine rings is 1. The smallest absolute Gasteiger partial charge is 0.193 e. The van der Waals surface area contributed by atoms with Gasteiger partial charge in [0.15, 0.2) is 5.96 Å². The molecule has 1 aromatic carbocycles. The zero-order valence-corrected chi connectivity index (χ0v) is 19.1. The van der Waals surface area contributed by atoms with Crippen molar-refractivity contribution in [3.8, 4) is 0 Å². The Morgan fingerprint density at radius 3 is 2.76 bits per heavy atom. The fraction of sp³-hybridized carbons (Fsp3) is 0.650. The lowest BCUT2D eigenvalue weighted by atomic mass is 10.2. The van der Waals surface area contributed by atoms with Gasteiger partial charge in [-0.25, -0.2) is 8.78 Å². The molecule has 0 aliphatic carbocycles. The molecule has 2 unspecified atom stereocenters. The highest BCUT2D eigenvalue weighted by Crippen LogP contribution is 2.23. The lowest BCUT2D eigenvalue weighted by Crippen LogP contribution is -2.55. The van der Waals surface area contributed by atoms with E-state index in [1.54, 1.807) is 7.05 Å². The average molecular weight is 521 g/mol. The van der Waals surface area contributed by atoms with Crippen LogP contribution < -0.4 is 10.2 Å². The number of halogens is 3. The van der Waals surface area contributed by atoms with Gasteiger partial charge in [-0.2, -0.15) is 0 Å². The van der Waals surface area contributed by atoms with Gasteiger partial charge in [0, 0.05) is 58.4 Å². The van der Waals surface area contributed by atoms with Crippen molar-refractivity contribution in [3.05, 3.63) is 29.8 Å². The molecule has 0 bridgehead atoms. The number of nitrogens with one attached hydrogen (secondary N) is 1. The lowest BCUT2D eigenvalue weighted by molar-refractivity contribution is -0.0454. The molecule has 9 heteroatoms. The number of nitrogens with zero attached hydrogens (tertiary/aromatic N) is 4. The summed E-state index contributed by atoms with van der Waals surface area (Å²) in [5.41, 5.74) is 0.332. The number of fused-ring (bicyclic) bond motifs is 1. The van der Waals surface area contributed by atoms with E-state index in [-0.39, 0.29) is 35.9 Å². The normalized spacial score (nSPS) is 25.6. The Morgan fingerprint density at radius 2 is 2.00 bits per heavy atom. The number of morpholine rings is 1. The molecule has 4 rings (SSSR count). The Hall–Kier alpha value is -1.20. The summed E-state index contributed by atoms with van der Waals surface area (Å²) >= 11 is 0. The van der Waals surface area contributed by atoms with Gasteiger partial charge in [-0.3, -0.25) is 9.89 Å². The van der Waals surface area contributed by atoms with E-state index in [0.29, 0.717) is 37.9 Å².